The molecule has 5 rings (SSSR count). The van der Waals surface area contributed by atoms with E-state index in [1.54, 1.807) is 11.1 Å². The first-order chi connectivity index (χ1) is 15.0. The van der Waals surface area contributed by atoms with Crippen molar-refractivity contribution >= 4 is 28.8 Å². The Kier molecular flexibility index (Phi) is 6.13. The lowest BCUT2D eigenvalue weighted by Gasteiger charge is -2.43. The minimum Gasteiger partial charge on any atom is -0.302 e. The molecule has 2 aliphatic heterocycles. The second-order valence-electron chi connectivity index (χ2n) is 9.38. The molecule has 5 heteroatoms. The number of rotatable bonds is 5. The summed E-state index contributed by atoms with van der Waals surface area (Å²) in [7, 11) is 2.31. The zero-order valence-corrected chi connectivity index (χ0v) is 20.0. The molecule has 0 amide bonds. The minimum atomic E-state index is 0.516. The molecule has 31 heavy (non-hydrogen) atoms. The number of pyridine rings is 1. The van der Waals surface area contributed by atoms with Crippen LogP contribution in [0.4, 0.5) is 0 Å². The number of hydrogen-bond donors (Lipinski definition) is 0. The van der Waals surface area contributed by atoms with Gasteiger partial charge in [0.15, 0.2) is 0 Å². The highest BCUT2D eigenvalue weighted by Crippen LogP contribution is 2.44. The number of nitrogens with zero attached hydrogens (tertiary/aromatic N) is 3. The molecule has 1 fully saturated rings. The largest absolute Gasteiger partial charge is 0.302 e. The predicted molar refractivity (Wildman–Crippen MR) is 130 cm³/mol. The van der Waals surface area contributed by atoms with Gasteiger partial charge < -0.3 is 4.90 Å². The Bertz CT molecular complexity index is 1020. The number of aromatic nitrogens is 1. The second kappa shape index (κ2) is 8.86. The van der Waals surface area contributed by atoms with Gasteiger partial charge in [-0.2, -0.15) is 0 Å². The van der Waals surface area contributed by atoms with Gasteiger partial charge >= 0.3 is 0 Å². The third-order valence-electron chi connectivity index (χ3n) is 7.46. The Morgan fingerprint density at radius 2 is 2.00 bits per heavy atom. The number of fused-ring (bicyclic) bond motifs is 2. The molecule has 2 unspecified atom stereocenters. The van der Waals surface area contributed by atoms with Gasteiger partial charge in [-0.25, -0.2) is 0 Å². The summed E-state index contributed by atoms with van der Waals surface area (Å²) in [4.78, 5) is 10.0. The van der Waals surface area contributed by atoms with Gasteiger partial charge in [0.1, 0.15) is 0 Å². The minimum absolute atomic E-state index is 0.516. The lowest BCUT2D eigenvalue weighted by Crippen LogP contribution is -2.52. The Hall–Kier alpha value is -1.39. The predicted octanol–water partition coefficient (Wildman–Crippen LogP) is 5.81. The zero-order valence-electron chi connectivity index (χ0n) is 18.5. The number of halogens is 2. The van der Waals surface area contributed by atoms with E-state index in [4.69, 9.17) is 23.2 Å². The highest BCUT2D eigenvalue weighted by Gasteiger charge is 2.41. The van der Waals surface area contributed by atoms with Crippen LogP contribution < -0.4 is 0 Å². The van der Waals surface area contributed by atoms with Crippen LogP contribution in [0.25, 0.3) is 5.57 Å². The summed E-state index contributed by atoms with van der Waals surface area (Å²) in [6.07, 6.45) is 6.95. The van der Waals surface area contributed by atoms with E-state index in [9.17, 15) is 0 Å². The fraction of sp³-hybridized carbons (Fsp3) is 0.500. The van der Waals surface area contributed by atoms with E-state index in [-0.39, 0.29) is 0 Å². The van der Waals surface area contributed by atoms with Crippen molar-refractivity contribution in [2.75, 3.05) is 26.7 Å². The number of benzene rings is 1. The lowest BCUT2D eigenvalue weighted by atomic mass is 9.87. The molecule has 2 atom stereocenters. The maximum atomic E-state index is 6.36. The van der Waals surface area contributed by atoms with E-state index in [1.165, 1.54) is 30.5 Å². The van der Waals surface area contributed by atoms with Crippen LogP contribution in [0.1, 0.15) is 48.2 Å². The smallest absolute Gasteiger partial charge is 0.0618 e. The topological polar surface area (TPSA) is 19.4 Å². The first-order valence-electron chi connectivity index (χ1n) is 11.6. The van der Waals surface area contributed by atoms with Gasteiger partial charge in [0, 0.05) is 29.3 Å². The van der Waals surface area contributed by atoms with Crippen LogP contribution >= 0.6 is 23.2 Å². The van der Waals surface area contributed by atoms with Crippen LogP contribution in [0, 0.1) is 6.92 Å². The summed E-state index contributed by atoms with van der Waals surface area (Å²) in [6, 6.07) is 11.7. The van der Waals surface area contributed by atoms with E-state index in [0.717, 1.165) is 60.2 Å². The van der Waals surface area contributed by atoms with Crippen molar-refractivity contribution in [1.29, 1.82) is 0 Å². The van der Waals surface area contributed by atoms with Crippen molar-refractivity contribution in [3.63, 3.8) is 0 Å². The number of hydrogen-bond acceptors (Lipinski definition) is 3. The molecule has 1 aromatic heterocycles. The van der Waals surface area contributed by atoms with Crippen LogP contribution in [0.5, 0.6) is 0 Å². The Morgan fingerprint density at radius 1 is 1.13 bits per heavy atom. The third kappa shape index (κ3) is 4.18. The highest BCUT2D eigenvalue weighted by atomic mass is 35.5. The summed E-state index contributed by atoms with van der Waals surface area (Å²) in [5.41, 5.74) is 8.18. The number of likely N-dealkylation sites (N-methyl/N-ethyl adjacent to an activating group) is 1. The van der Waals surface area contributed by atoms with Crippen molar-refractivity contribution < 1.29 is 0 Å². The van der Waals surface area contributed by atoms with Crippen LogP contribution in [0.15, 0.2) is 35.9 Å². The van der Waals surface area contributed by atoms with E-state index in [1.807, 2.05) is 13.0 Å². The number of aryl methyl sites for hydroxylation is 2. The Balaban J connectivity index is 1.36. The molecule has 0 bridgehead atoms. The Morgan fingerprint density at radius 3 is 2.77 bits per heavy atom. The molecule has 1 aromatic carbocycles. The van der Waals surface area contributed by atoms with Gasteiger partial charge in [-0.1, -0.05) is 29.3 Å². The van der Waals surface area contributed by atoms with Crippen molar-refractivity contribution in [2.45, 2.75) is 57.5 Å². The SMILES string of the molecule is Cc1nc(CCCN2CCC3=C(Cc4ccc(Cl)cc43)C2C2CCCN2C)ccc1Cl. The molecule has 2 aromatic rings. The molecule has 1 aliphatic carbocycles. The molecular formula is C26H31Cl2N3. The molecule has 3 heterocycles. The highest BCUT2D eigenvalue weighted by molar-refractivity contribution is 6.31. The maximum Gasteiger partial charge on any atom is 0.0618 e. The molecule has 164 valence electrons. The first-order valence-corrected chi connectivity index (χ1v) is 12.3. The fourth-order valence-corrected chi connectivity index (χ4v) is 6.20. The lowest BCUT2D eigenvalue weighted by molar-refractivity contribution is 0.132. The van der Waals surface area contributed by atoms with Gasteiger partial charge in [0.2, 0.25) is 0 Å². The summed E-state index contributed by atoms with van der Waals surface area (Å²) < 4.78 is 0. The zero-order chi connectivity index (χ0) is 21.5. The monoisotopic (exact) mass is 455 g/mol. The van der Waals surface area contributed by atoms with Gasteiger partial charge in [-0.15, -0.1) is 0 Å². The van der Waals surface area contributed by atoms with Crippen LogP contribution in [0.3, 0.4) is 0 Å². The summed E-state index contributed by atoms with van der Waals surface area (Å²) in [6.45, 7) is 5.45. The standard InChI is InChI=1S/C26H31Cl2N3/c1-17-24(28)10-9-20(29-17)5-3-13-31-14-11-21-22-16-19(27)8-7-18(22)15-23(21)26(31)25-6-4-12-30(25)2/h7-10,16,25-26H,3-6,11-15H2,1-2H3. The fourth-order valence-electron chi connectivity index (χ4n) is 5.92. The van der Waals surface area contributed by atoms with Crippen molar-refractivity contribution in [2.24, 2.45) is 0 Å². The molecule has 3 nitrogen and oxygen atoms in total. The van der Waals surface area contributed by atoms with Gasteiger partial charge in [0.25, 0.3) is 0 Å². The normalized spacial score (nSPS) is 24.0. The third-order valence-corrected chi connectivity index (χ3v) is 8.10. The van der Waals surface area contributed by atoms with Crippen molar-refractivity contribution in [3.8, 4) is 0 Å². The summed E-state index contributed by atoms with van der Waals surface area (Å²) in [5, 5.41) is 1.61. The van der Waals surface area contributed by atoms with E-state index >= 15 is 0 Å². The molecule has 1 saturated heterocycles. The Labute approximate surface area is 196 Å². The summed E-state index contributed by atoms with van der Waals surface area (Å²) in [5.74, 6) is 0. The summed E-state index contributed by atoms with van der Waals surface area (Å²) >= 11 is 12.5. The molecule has 0 spiro atoms. The average molecular weight is 456 g/mol. The molecule has 0 saturated carbocycles. The maximum absolute atomic E-state index is 6.36. The van der Waals surface area contributed by atoms with Gasteiger partial charge in [-0.3, -0.25) is 9.88 Å². The van der Waals surface area contributed by atoms with Crippen LogP contribution in [0.2, 0.25) is 10.0 Å². The average Bonchev–Trinajstić information content (AvgIpc) is 3.33. The molecule has 0 N–H and O–H groups in total. The molecule has 3 aliphatic rings. The van der Waals surface area contributed by atoms with Crippen molar-refractivity contribution in [1.82, 2.24) is 14.8 Å². The van der Waals surface area contributed by atoms with Gasteiger partial charge in [0.05, 0.1) is 10.7 Å². The quantitative estimate of drug-likeness (QED) is 0.566. The molecule has 0 radical (unpaired) electrons. The van der Waals surface area contributed by atoms with Gasteiger partial charge in [-0.05, 0) is 112 Å². The second-order valence-corrected chi connectivity index (χ2v) is 10.2. The molecular weight excluding hydrogens is 425 g/mol. The van der Waals surface area contributed by atoms with Crippen LogP contribution in [-0.4, -0.2) is 53.5 Å². The van der Waals surface area contributed by atoms with Crippen molar-refractivity contribution in [3.05, 3.63) is 68.5 Å². The van der Waals surface area contributed by atoms with E-state index < -0.39 is 0 Å². The number of likely N-dealkylation sites (tertiary alicyclic amines) is 1. The van der Waals surface area contributed by atoms with E-state index in [2.05, 4.69) is 46.1 Å². The van der Waals surface area contributed by atoms with E-state index in [0.29, 0.717) is 12.1 Å². The van der Waals surface area contributed by atoms with Crippen LogP contribution in [-0.2, 0) is 12.8 Å². The first kappa shape index (κ1) is 21.5.